The van der Waals surface area contributed by atoms with Crippen molar-refractivity contribution in [2.24, 2.45) is 5.73 Å². The molecule has 1 amide bonds. The maximum atomic E-state index is 12.4. The van der Waals surface area contributed by atoms with Crippen LogP contribution in [-0.4, -0.2) is 16.9 Å². The first-order valence-electron chi connectivity index (χ1n) is 6.88. The van der Waals surface area contributed by atoms with Crippen LogP contribution in [0.4, 0.5) is 0 Å². The van der Waals surface area contributed by atoms with Gasteiger partial charge in [0.1, 0.15) is 0 Å². The summed E-state index contributed by atoms with van der Waals surface area (Å²) in [6, 6.07) is 14.3. The molecule has 0 saturated heterocycles. The number of halogens is 1. The molecule has 1 aromatic heterocycles. The lowest BCUT2D eigenvalue weighted by Gasteiger charge is -2.15. The highest BCUT2D eigenvalue weighted by molar-refractivity contribution is 9.10. The molecule has 2 aromatic carbocycles. The lowest BCUT2D eigenvalue weighted by Crippen LogP contribution is -2.26. The molecule has 23 heavy (non-hydrogen) atoms. The van der Waals surface area contributed by atoms with Crippen LogP contribution in [0.2, 0.25) is 0 Å². The fourth-order valence-corrected chi connectivity index (χ4v) is 2.79. The summed E-state index contributed by atoms with van der Waals surface area (Å²) >= 11 is 3.32. The molecular weight excluding hydrogens is 360 g/mol. The molecule has 5 nitrogen and oxygen atoms in total. The number of amides is 1. The van der Waals surface area contributed by atoms with Crippen molar-refractivity contribution in [1.29, 1.82) is 0 Å². The quantitative estimate of drug-likeness (QED) is 0.688. The second-order valence-corrected chi connectivity index (χ2v) is 5.91. The third-order valence-corrected chi connectivity index (χ3v) is 3.94. The summed E-state index contributed by atoms with van der Waals surface area (Å²) in [5.41, 5.74) is 7.09. The van der Waals surface area contributed by atoms with E-state index < -0.39 is 18.0 Å². The molecule has 0 bridgehead atoms. The Morgan fingerprint density at radius 3 is 2.65 bits per heavy atom. The molecule has 0 saturated carbocycles. The number of aromatic amines is 1. The zero-order valence-electron chi connectivity index (χ0n) is 12.0. The Morgan fingerprint density at radius 2 is 1.91 bits per heavy atom. The summed E-state index contributed by atoms with van der Waals surface area (Å²) in [6.45, 7) is 0. The summed E-state index contributed by atoms with van der Waals surface area (Å²) in [7, 11) is 0. The number of para-hydroxylation sites is 1. The summed E-state index contributed by atoms with van der Waals surface area (Å²) < 4.78 is 6.12. The van der Waals surface area contributed by atoms with Crippen LogP contribution in [0.15, 0.2) is 59.2 Å². The predicted molar refractivity (Wildman–Crippen MR) is 89.8 cm³/mol. The summed E-state index contributed by atoms with van der Waals surface area (Å²) in [4.78, 5) is 27.1. The molecule has 0 aliphatic heterocycles. The van der Waals surface area contributed by atoms with Crippen molar-refractivity contribution in [1.82, 2.24) is 4.98 Å². The van der Waals surface area contributed by atoms with Crippen LogP contribution in [0.25, 0.3) is 10.9 Å². The number of aromatic nitrogens is 1. The maximum Gasteiger partial charge on any atom is 0.341 e. The van der Waals surface area contributed by atoms with Crippen LogP contribution in [0.1, 0.15) is 22.0 Å². The Balaban J connectivity index is 1.91. The van der Waals surface area contributed by atoms with Gasteiger partial charge in [-0.1, -0.05) is 46.3 Å². The highest BCUT2D eigenvalue weighted by atomic mass is 79.9. The zero-order chi connectivity index (χ0) is 16.4. The predicted octanol–water partition coefficient (Wildman–Crippen LogP) is 3.31. The van der Waals surface area contributed by atoms with Gasteiger partial charge in [-0.15, -0.1) is 0 Å². The van der Waals surface area contributed by atoms with E-state index in [1.54, 1.807) is 30.5 Å². The topological polar surface area (TPSA) is 85.2 Å². The molecule has 0 aliphatic rings. The molecule has 3 aromatic rings. The van der Waals surface area contributed by atoms with Crippen molar-refractivity contribution in [2.45, 2.75) is 6.10 Å². The van der Waals surface area contributed by atoms with Gasteiger partial charge in [0.25, 0.3) is 5.91 Å². The number of hydrogen-bond acceptors (Lipinski definition) is 3. The van der Waals surface area contributed by atoms with E-state index in [1.165, 1.54) is 0 Å². The van der Waals surface area contributed by atoms with E-state index in [1.807, 2.05) is 24.3 Å². The molecular formula is C17H13BrN2O3. The number of H-pyrrole nitrogens is 1. The zero-order valence-corrected chi connectivity index (χ0v) is 13.5. The largest absolute Gasteiger partial charge is 0.444 e. The number of benzene rings is 2. The van der Waals surface area contributed by atoms with Gasteiger partial charge < -0.3 is 15.5 Å². The SMILES string of the molecule is NC(=O)C(OC(=O)c1c[nH]c2ccccc12)c1cccc(Br)c1. The molecule has 0 spiro atoms. The Hall–Kier alpha value is -2.60. The van der Waals surface area contributed by atoms with E-state index in [-0.39, 0.29) is 0 Å². The Bertz CT molecular complexity index is 888. The van der Waals surface area contributed by atoms with Crippen molar-refractivity contribution in [3.63, 3.8) is 0 Å². The molecule has 1 unspecified atom stereocenters. The van der Waals surface area contributed by atoms with Gasteiger partial charge in [0.05, 0.1) is 5.56 Å². The lowest BCUT2D eigenvalue weighted by atomic mass is 10.1. The van der Waals surface area contributed by atoms with E-state index in [2.05, 4.69) is 20.9 Å². The number of nitrogens with one attached hydrogen (secondary N) is 1. The summed E-state index contributed by atoms with van der Waals surface area (Å²) in [6.07, 6.45) is 0.417. The van der Waals surface area contributed by atoms with Gasteiger partial charge in [0.15, 0.2) is 0 Å². The standard InChI is InChI=1S/C17H13BrN2O3/c18-11-5-3-4-10(8-11)15(16(19)21)23-17(22)13-9-20-14-7-2-1-6-12(13)14/h1-9,15,20H,(H2,19,21). The molecule has 0 fully saturated rings. The van der Waals surface area contributed by atoms with Crippen LogP contribution in [0, 0.1) is 0 Å². The molecule has 1 heterocycles. The molecule has 0 aliphatic carbocycles. The Labute approximate surface area is 140 Å². The van der Waals surface area contributed by atoms with Crippen molar-refractivity contribution in [3.05, 3.63) is 70.3 Å². The van der Waals surface area contributed by atoms with Gasteiger partial charge in [0, 0.05) is 27.1 Å². The van der Waals surface area contributed by atoms with Gasteiger partial charge >= 0.3 is 5.97 Å². The fraction of sp³-hybridized carbons (Fsp3) is 0.0588. The Kier molecular flexibility index (Phi) is 4.16. The van der Waals surface area contributed by atoms with Crippen molar-refractivity contribution < 1.29 is 14.3 Å². The number of nitrogens with two attached hydrogens (primary N) is 1. The first-order valence-corrected chi connectivity index (χ1v) is 7.67. The molecule has 3 N–H and O–H groups in total. The number of rotatable bonds is 4. The number of primary amides is 1. The highest BCUT2D eigenvalue weighted by Crippen LogP contribution is 2.25. The minimum Gasteiger partial charge on any atom is -0.444 e. The maximum absolute atomic E-state index is 12.4. The first-order chi connectivity index (χ1) is 11.1. The van der Waals surface area contributed by atoms with Gasteiger partial charge in [-0.2, -0.15) is 0 Å². The van der Waals surface area contributed by atoms with E-state index in [9.17, 15) is 9.59 Å². The van der Waals surface area contributed by atoms with Gasteiger partial charge in [-0.05, 0) is 18.2 Å². The number of esters is 1. The third kappa shape index (κ3) is 3.12. The molecule has 1 atom stereocenters. The lowest BCUT2D eigenvalue weighted by molar-refractivity contribution is -0.127. The van der Waals surface area contributed by atoms with Gasteiger partial charge in [-0.25, -0.2) is 4.79 Å². The number of carbonyl (C=O) groups is 2. The van der Waals surface area contributed by atoms with Crippen LogP contribution < -0.4 is 5.73 Å². The molecule has 116 valence electrons. The number of carbonyl (C=O) groups excluding carboxylic acids is 2. The van der Waals surface area contributed by atoms with Crippen molar-refractivity contribution >= 4 is 38.7 Å². The summed E-state index contributed by atoms with van der Waals surface area (Å²) in [5, 5.41) is 0.731. The van der Waals surface area contributed by atoms with E-state index in [0.29, 0.717) is 11.1 Å². The number of fused-ring (bicyclic) bond motifs is 1. The van der Waals surface area contributed by atoms with Gasteiger partial charge in [-0.3, -0.25) is 4.79 Å². The van der Waals surface area contributed by atoms with E-state index >= 15 is 0 Å². The van der Waals surface area contributed by atoms with Crippen LogP contribution in [0.5, 0.6) is 0 Å². The molecule has 3 rings (SSSR count). The average molecular weight is 373 g/mol. The average Bonchev–Trinajstić information content (AvgIpc) is 2.96. The monoisotopic (exact) mass is 372 g/mol. The highest BCUT2D eigenvalue weighted by Gasteiger charge is 2.25. The van der Waals surface area contributed by atoms with Crippen molar-refractivity contribution in [3.8, 4) is 0 Å². The van der Waals surface area contributed by atoms with Gasteiger partial charge in [0.2, 0.25) is 6.10 Å². The number of ether oxygens (including phenoxy) is 1. The number of hydrogen-bond donors (Lipinski definition) is 2. The second kappa shape index (κ2) is 6.26. The minimum absolute atomic E-state index is 0.363. The van der Waals surface area contributed by atoms with E-state index in [0.717, 1.165) is 15.4 Å². The van der Waals surface area contributed by atoms with Crippen molar-refractivity contribution in [2.75, 3.05) is 0 Å². The first kappa shape index (κ1) is 15.3. The fourth-order valence-electron chi connectivity index (χ4n) is 2.37. The minimum atomic E-state index is -1.14. The van der Waals surface area contributed by atoms with E-state index in [4.69, 9.17) is 10.5 Å². The van der Waals surface area contributed by atoms with Crippen LogP contribution in [0.3, 0.4) is 0 Å². The normalized spacial score (nSPS) is 12.0. The molecule has 0 radical (unpaired) electrons. The smallest absolute Gasteiger partial charge is 0.341 e. The van der Waals surface area contributed by atoms with Crippen LogP contribution >= 0.6 is 15.9 Å². The van der Waals surface area contributed by atoms with Crippen LogP contribution in [-0.2, 0) is 9.53 Å². The molecule has 6 heteroatoms. The second-order valence-electron chi connectivity index (χ2n) is 4.99. The Morgan fingerprint density at radius 1 is 1.13 bits per heavy atom. The summed E-state index contributed by atoms with van der Waals surface area (Å²) in [5.74, 6) is -1.33. The third-order valence-electron chi connectivity index (χ3n) is 3.44.